The van der Waals surface area contributed by atoms with Crippen LogP contribution in [0.2, 0.25) is 0 Å². The molecule has 132 valence electrons. The summed E-state index contributed by atoms with van der Waals surface area (Å²) in [6.07, 6.45) is 0.473. The smallest absolute Gasteiger partial charge is 0.242 e. The number of hydrogen-bond acceptors (Lipinski definition) is 4. The van der Waals surface area contributed by atoms with Crippen LogP contribution in [0.25, 0.3) is 0 Å². The average Bonchev–Trinajstić information content (AvgIpc) is 2.88. The minimum atomic E-state index is -3.05. The van der Waals surface area contributed by atoms with Crippen molar-refractivity contribution in [2.24, 2.45) is 0 Å². The van der Waals surface area contributed by atoms with Gasteiger partial charge in [-0.25, -0.2) is 8.42 Å². The van der Waals surface area contributed by atoms with Gasteiger partial charge in [0.15, 0.2) is 9.84 Å². The van der Waals surface area contributed by atoms with Crippen molar-refractivity contribution in [3.8, 4) is 0 Å². The summed E-state index contributed by atoms with van der Waals surface area (Å²) in [4.78, 5) is 27.6. The van der Waals surface area contributed by atoms with Crippen molar-refractivity contribution >= 4 is 21.7 Å². The van der Waals surface area contributed by atoms with Gasteiger partial charge in [0.05, 0.1) is 11.5 Å². The predicted molar refractivity (Wildman–Crippen MR) is 92.0 cm³/mol. The lowest BCUT2D eigenvalue weighted by atomic mass is 10.2. The highest BCUT2D eigenvalue weighted by Gasteiger charge is 2.34. The summed E-state index contributed by atoms with van der Waals surface area (Å²) in [5.41, 5.74) is 0.951. The molecule has 2 amide bonds. The van der Waals surface area contributed by atoms with E-state index in [4.69, 9.17) is 0 Å². The fourth-order valence-corrected chi connectivity index (χ4v) is 4.73. The molecule has 1 aliphatic heterocycles. The Bertz CT molecular complexity index is 688. The maximum absolute atomic E-state index is 12.6. The SMILES string of the molecule is CCN(C(=O)CN(Cc1ccccc1)C(C)=O)C1CCS(=O)(=O)C1. The van der Waals surface area contributed by atoms with Crippen molar-refractivity contribution in [3.05, 3.63) is 35.9 Å². The van der Waals surface area contributed by atoms with E-state index in [9.17, 15) is 18.0 Å². The Labute approximate surface area is 143 Å². The van der Waals surface area contributed by atoms with Crippen molar-refractivity contribution in [1.82, 2.24) is 9.80 Å². The molecule has 0 aliphatic carbocycles. The number of carbonyl (C=O) groups excluding carboxylic acids is 2. The molecule has 0 bridgehead atoms. The van der Waals surface area contributed by atoms with Gasteiger partial charge in [-0.3, -0.25) is 9.59 Å². The Balaban J connectivity index is 2.04. The summed E-state index contributed by atoms with van der Waals surface area (Å²) in [6.45, 7) is 4.04. The predicted octanol–water partition coefficient (Wildman–Crippen LogP) is 1.07. The Morgan fingerprint density at radius 1 is 1.21 bits per heavy atom. The molecule has 1 saturated heterocycles. The monoisotopic (exact) mass is 352 g/mol. The summed E-state index contributed by atoms with van der Waals surface area (Å²) < 4.78 is 23.3. The maximum atomic E-state index is 12.6. The summed E-state index contributed by atoms with van der Waals surface area (Å²) in [5, 5.41) is 0. The zero-order chi connectivity index (χ0) is 17.7. The largest absolute Gasteiger partial charge is 0.337 e. The second kappa shape index (κ2) is 7.79. The first-order chi connectivity index (χ1) is 11.3. The number of sulfone groups is 1. The number of hydrogen-bond donors (Lipinski definition) is 0. The van der Waals surface area contributed by atoms with Crippen LogP contribution in [0.5, 0.6) is 0 Å². The molecular formula is C17H24N2O4S. The molecule has 1 atom stereocenters. The van der Waals surface area contributed by atoms with Crippen LogP contribution in [0.3, 0.4) is 0 Å². The van der Waals surface area contributed by atoms with Gasteiger partial charge in [0.1, 0.15) is 6.54 Å². The molecule has 1 unspecified atom stereocenters. The molecule has 0 radical (unpaired) electrons. The topological polar surface area (TPSA) is 74.8 Å². The third kappa shape index (κ3) is 4.80. The minimum Gasteiger partial charge on any atom is -0.337 e. The zero-order valence-electron chi connectivity index (χ0n) is 14.1. The van der Waals surface area contributed by atoms with Crippen LogP contribution in [-0.2, 0) is 26.0 Å². The van der Waals surface area contributed by atoms with E-state index in [1.807, 2.05) is 37.3 Å². The van der Waals surface area contributed by atoms with Crippen molar-refractivity contribution < 1.29 is 18.0 Å². The van der Waals surface area contributed by atoms with E-state index in [-0.39, 0.29) is 35.9 Å². The summed E-state index contributed by atoms with van der Waals surface area (Å²) >= 11 is 0. The average molecular weight is 352 g/mol. The molecule has 0 spiro atoms. The van der Waals surface area contributed by atoms with E-state index < -0.39 is 9.84 Å². The summed E-state index contributed by atoms with van der Waals surface area (Å²) in [5.74, 6) is -0.235. The van der Waals surface area contributed by atoms with Gasteiger partial charge in [-0.2, -0.15) is 0 Å². The Morgan fingerprint density at radius 3 is 2.38 bits per heavy atom. The summed E-state index contributed by atoms with van der Waals surface area (Å²) in [6, 6.07) is 9.20. The third-order valence-electron chi connectivity index (χ3n) is 4.30. The highest BCUT2D eigenvalue weighted by atomic mass is 32.2. The fraction of sp³-hybridized carbons (Fsp3) is 0.529. The molecule has 1 aromatic rings. The Morgan fingerprint density at radius 2 is 1.88 bits per heavy atom. The van der Waals surface area contributed by atoms with Crippen molar-refractivity contribution in [2.75, 3.05) is 24.6 Å². The first-order valence-corrected chi connectivity index (χ1v) is 9.94. The van der Waals surface area contributed by atoms with E-state index in [1.54, 1.807) is 4.90 Å². The number of nitrogens with zero attached hydrogens (tertiary/aromatic N) is 2. The first kappa shape index (κ1) is 18.4. The lowest BCUT2D eigenvalue weighted by molar-refractivity contribution is -0.140. The van der Waals surface area contributed by atoms with E-state index in [0.717, 1.165) is 5.56 Å². The van der Waals surface area contributed by atoms with Gasteiger partial charge in [-0.15, -0.1) is 0 Å². The van der Waals surface area contributed by atoms with Crippen LogP contribution >= 0.6 is 0 Å². The van der Waals surface area contributed by atoms with Gasteiger partial charge < -0.3 is 9.80 Å². The second-order valence-corrected chi connectivity index (χ2v) is 8.33. The van der Waals surface area contributed by atoms with Crippen LogP contribution in [0.1, 0.15) is 25.8 Å². The molecule has 2 rings (SSSR count). The van der Waals surface area contributed by atoms with Crippen LogP contribution in [0.4, 0.5) is 0 Å². The van der Waals surface area contributed by atoms with Gasteiger partial charge in [0.2, 0.25) is 11.8 Å². The third-order valence-corrected chi connectivity index (χ3v) is 6.05. The normalized spacial score (nSPS) is 19.0. The molecule has 1 aliphatic rings. The van der Waals surface area contributed by atoms with Crippen molar-refractivity contribution in [2.45, 2.75) is 32.9 Å². The molecule has 0 N–H and O–H groups in total. The molecule has 0 aromatic heterocycles. The molecule has 6 nitrogen and oxygen atoms in total. The van der Waals surface area contributed by atoms with Gasteiger partial charge >= 0.3 is 0 Å². The van der Waals surface area contributed by atoms with E-state index in [2.05, 4.69) is 0 Å². The van der Waals surface area contributed by atoms with Crippen molar-refractivity contribution in [3.63, 3.8) is 0 Å². The number of amides is 2. The van der Waals surface area contributed by atoms with E-state index >= 15 is 0 Å². The molecule has 1 aromatic carbocycles. The van der Waals surface area contributed by atoms with Gasteiger partial charge in [0.25, 0.3) is 0 Å². The maximum Gasteiger partial charge on any atom is 0.242 e. The molecule has 24 heavy (non-hydrogen) atoms. The molecular weight excluding hydrogens is 328 g/mol. The van der Waals surface area contributed by atoms with Gasteiger partial charge in [-0.1, -0.05) is 30.3 Å². The number of carbonyl (C=O) groups is 2. The van der Waals surface area contributed by atoms with E-state index in [1.165, 1.54) is 11.8 Å². The minimum absolute atomic E-state index is 0.0192. The Kier molecular flexibility index (Phi) is 5.99. The standard InChI is InChI=1S/C17H24N2O4S/c1-3-19(16-9-10-24(22,23)13-16)17(21)12-18(14(2)20)11-15-7-5-4-6-8-15/h4-8,16H,3,9-13H2,1-2H3. The molecule has 0 saturated carbocycles. The van der Waals surface area contributed by atoms with Crippen LogP contribution < -0.4 is 0 Å². The first-order valence-electron chi connectivity index (χ1n) is 8.11. The Hall–Kier alpha value is -1.89. The fourth-order valence-electron chi connectivity index (χ4n) is 3.00. The molecule has 7 heteroatoms. The summed E-state index contributed by atoms with van der Waals surface area (Å²) in [7, 11) is -3.05. The zero-order valence-corrected chi connectivity index (χ0v) is 15.0. The molecule has 1 heterocycles. The highest BCUT2D eigenvalue weighted by Crippen LogP contribution is 2.18. The van der Waals surface area contributed by atoms with Crippen LogP contribution in [0, 0.1) is 0 Å². The van der Waals surface area contributed by atoms with Crippen LogP contribution in [0.15, 0.2) is 30.3 Å². The number of benzene rings is 1. The van der Waals surface area contributed by atoms with Crippen molar-refractivity contribution in [1.29, 1.82) is 0 Å². The number of rotatable bonds is 6. The molecule has 1 fully saturated rings. The second-order valence-electron chi connectivity index (χ2n) is 6.10. The van der Waals surface area contributed by atoms with Gasteiger partial charge in [-0.05, 0) is 18.9 Å². The quantitative estimate of drug-likeness (QED) is 0.767. The van der Waals surface area contributed by atoms with Gasteiger partial charge in [0, 0.05) is 26.1 Å². The van der Waals surface area contributed by atoms with E-state index in [0.29, 0.717) is 19.5 Å². The lowest BCUT2D eigenvalue weighted by Crippen LogP contribution is -2.47. The highest BCUT2D eigenvalue weighted by molar-refractivity contribution is 7.91. The lowest BCUT2D eigenvalue weighted by Gasteiger charge is -2.30. The number of likely N-dealkylation sites (N-methyl/N-ethyl adjacent to an activating group) is 1. The van der Waals surface area contributed by atoms with Crippen LogP contribution in [-0.4, -0.2) is 60.7 Å².